The first-order valence-corrected chi connectivity index (χ1v) is 5.55. The van der Waals surface area contributed by atoms with E-state index in [4.69, 9.17) is 9.15 Å². The first-order chi connectivity index (χ1) is 8.16. The van der Waals surface area contributed by atoms with E-state index in [1.807, 2.05) is 0 Å². The number of non-ortho nitro benzene ring substituents is 1. The summed E-state index contributed by atoms with van der Waals surface area (Å²) in [6.45, 7) is 0.229. The Kier molecular flexibility index (Phi) is 3.43. The van der Waals surface area contributed by atoms with Crippen molar-refractivity contribution >= 4 is 21.6 Å². The fourth-order valence-electron chi connectivity index (χ4n) is 1.26. The van der Waals surface area contributed by atoms with Gasteiger partial charge in [-0.2, -0.15) is 0 Å². The second kappa shape index (κ2) is 5.01. The van der Waals surface area contributed by atoms with E-state index in [0.717, 1.165) is 0 Å². The standard InChI is InChI=1S/C11H8BrNO4/c12-10-4-3-8(13(14)15)6-11(10)17-7-9-2-1-5-16-9/h1-6H,7H2. The van der Waals surface area contributed by atoms with Crippen molar-refractivity contribution in [2.45, 2.75) is 6.61 Å². The van der Waals surface area contributed by atoms with Crippen LogP contribution in [0.15, 0.2) is 45.5 Å². The fraction of sp³-hybridized carbons (Fsp3) is 0.0909. The number of furan rings is 1. The van der Waals surface area contributed by atoms with E-state index in [-0.39, 0.29) is 12.3 Å². The highest BCUT2D eigenvalue weighted by atomic mass is 79.9. The molecule has 6 heteroatoms. The Labute approximate surface area is 105 Å². The summed E-state index contributed by atoms with van der Waals surface area (Å²) in [6.07, 6.45) is 1.54. The van der Waals surface area contributed by atoms with Crippen LogP contribution in [0.25, 0.3) is 0 Å². The minimum Gasteiger partial charge on any atom is -0.484 e. The third-order valence-electron chi connectivity index (χ3n) is 2.08. The molecule has 1 heterocycles. The van der Waals surface area contributed by atoms with Gasteiger partial charge < -0.3 is 9.15 Å². The Bertz CT molecular complexity index is 524. The third kappa shape index (κ3) is 2.85. The molecule has 1 aromatic heterocycles. The van der Waals surface area contributed by atoms with Gasteiger partial charge in [0.25, 0.3) is 5.69 Å². The molecule has 0 aliphatic heterocycles. The van der Waals surface area contributed by atoms with E-state index in [1.54, 1.807) is 24.5 Å². The van der Waals surface area contributed by atoms with Crippen LogP contribution >= 0.6 is 15.9 Å². The Hall–Kier alpha value is -1.82. The highest BCUT2D eigenvalue weighted by molar-refractivity contribution is 9.10. The van der Waals surface area contributed by atoms with Gasteiger partial charge in [0.1, 0.15) is 18.1 Å². The molecule has 0 saturated heterocycles. The quantitative estimate of drug-likeness (QED) is 0.639. The maximum absolute atomic E-state index is 10.6. The van der Waals surface area contributed by atoms with E-state index in [9.17, 15) is 10.1 Å². The van der Waals surface area contributed by atoms with Crippen LogP contribution in [0.5, 0.6) is 5.75 Å². The molecule has 0 fully saturated rings. The van der Waals surface area contributed by atoms with Crippen molar-refractivity contribution in [3.8, 4) is 5.75 Å². The minimum atomic E-state index is -0.466. The van der Waals surface area contributed by atoms with Gasteiger partial charge in [-0.1, -0.05) is 0 Å². The van der Waals surface area contributed by atoms with Crippen molar-refractivity contribution in [2.75, 3.05) is 0 Å². The van der Waals surface area contributed by atoms with Crippen LogP contribution < -0.4 is 4.74 Å². The number of rotatable bonds is 4. The number of nitrogens with zero attached hydrogens (tertiary/aromatic N) is 1. The third-order valence-corrected chi connectivity index (χ3v) is 2.73. The van der Waals surface area contributed by atoms with Crippen molar-refractivity contribution in [1.29, 1.82) is 0 Å². The second-order valence-corrected chi connectivity index (χ2v) is 4.09. The molecule has 17 heavy (non-hydrogen) atoms. The predicted molar refractivity (Wildman–Crippen MR) is 63.8 cm³/mol. The summed E-state index contributed by atoms with van der Waals surface area (Å²) in [6, 6.07) is 7.87. The molecule has 1 aromatic carbocycles. The fourth-order valence-corrected chi connectivity index (χ4v) is 1.62. The van der Waals surface area contributed by atoms with E-state index in [1.165, 1.54) is 12.1 Å². The molecular weight excluding hydrogens is 290 g/mol. The highest BCUT2D eigenvalue weighted by Crippen LogP contribution is 2.29. The van der Waals surface area contributed by atoms with Crippen LogP contribution in [0.2, 0.25) is 0 Å². The Morgan fingerprint density at radius 3 is 2.88 bits per heavy atom. The summed E-state index contributed by atoms with van der Waals surface area (Å²) in [5.41, 5.74) is -0.0114. The monoisotopic (exact) mass is 297 g/mol. The predicted octanol–water partition coefficient (Wildman–Crippen LogP) is 3.53. The molecule has 88 valence electrons. The van der Waals surface area contributed by atoms with Crippen LogP contribution in [0.4, 0.5) is 5.69 Å². The molecule has 0 saturated carbocycles. The molecular formula is C11H8BrNO4. The maximum atomic E-state index is 10.6. The lowest BCUT2D eigenvalue weighted by atomic mass is 10.3. The SMILES string of the molecule is O=[N+]([O-])c1ccc(Br)c(OCc2ccco2)c1. The zero-order valence-corrected chi connectivity index (χ0v) is 10.2. The van der Waals surface area contributed by atoms with Gasteiger partial charge in [0.15, 0.2) is 0 Å². The second-order valence-electron chi connectivity index (χ2n) is 3.24. The van der Waals surface area contributed by atoms with Crippen molar-refractivity contribution in [3.63, 3.8) is 0 Å². The van der Waals surface area contributed by atoms with Crippen LogP contribution in [-0.2, 0) is 6.61 Å². The average molecular weight is 298 g/mol. The molecule has 0 aliphatic rings. The van der Waals surface area contributed by atoms with Gasteiger partial charge >= 0.3 is 0 Å². The normalized spacial score (nSPS) is 10.2. The van der Waals surface area contributed by atoms with Crippen molar-refractivity contribution < 1.29 is 14.1 Å². The first kappa shape index (κ1) is 11.7. The molecule has 0 N–H and O–H groups in total. The van der Waals surface area contributed by atoms with Gasteiger partial charge in [-0.15, -0.1) is 0 Å². The van der Waals surface area contributed by atoms with Crippen LogP contribution in [-0.4, -0.2) is 4.92 Å². The Morgan fingerprint density at radius 1 is 1.41 bits per heavy atom. The van der Waals surface area contributed by atoms with Crippen molar-refractivity contribution in [1.82, 2.24) is 0 Å². The van der Waals surface area contributed by atoms with E-state index >= 15 is 0 Å². The first-order valence-electron chi connectivity index (χ1n) is 4.76. The molecule has 2 aromatic rings. The molecule has 0 atom stereocenters. The molecule has 0 bridgehead atoms. The molecule has 0 unspecified atom stereocenters. The molecule has 0 radical (unpaired) electrons. The van der Waals surface area contributed by atoms with E-state index < -0.39 is 4.92 Å². The zero-order chi connectivity index (χ0) is 12.3. The van der Waals surface area contributed by atoms with Gasteiger partial charge in [-0.05, 0) is 34.1 Å². The van der Waals surface area contributed by atoms with Gasteiger partial charge in [0.2, 0.25) is 0 Å². The van der Waals surface area contributed by atoms with Crippen molar-refractivity contribution in [3.05, 3.63) is 56.9 Å². The molecule has 2 rings (SSSR count). The number of halogens is 1. The van der Waals surface area contributed by atoms with Crippen LogP contribution in [0, 0.1) is 10.1 Å². The number of benzene rings is 1. The van der Waals surface area contributed by atoms with Gasteiger partial charge in [0, 0.05) is 6.07 Å². The summed E-state index contributed by atoms with van der Waals surface area (Å²) < 4.78 is 11.2. The minimum absolute atomic E-state index is 0.0114. The van der Waals surface area contributed by atoms with Gasteiger partial charge in [0.05, 0.1) is 21.7 Å². The molecule has 5 nitrogen and oxygen atoms in total. The summed E-state index contributed by atoms with van der Waals surface area (Å²) in [7, 11) is 0. The number of hydrogen-bond donors (Lipinski definition) is 0. The van der Waals surface area contributed by atoms with Gasteiger partial charge in [-0.25, -0.2) is 0 Å². The van der Waals surface area contributed by atoms with Crippen LogP contribution in [0.3, 0.4) is 0 Å². The lowest BCUT2D eigenvalue weighted by molar-refractivity contribution is -0.385. The maximum Gasteiger partial charge on any atom is 0.273 e. The lowest BCUT2D eigenvalue weighted by Gasteiger charge is -2.06. The molecule has 0 spiro atoms. The Balaban J connectivity index is 2.14. The summed E-state index contributed by atoms with van der Waals surface area (Å²) in [5.74, 6) is 1.07. The largest absolute Gasteiger partial charge is 0.484 e. The van der Waals surface area contributed by atoms with E-state index in [2.05, 4.69) is 15.9 Å². The number of hydrogen-bond acceptors (Lipinski definition) is 4. The summed E-state index contributed by atoms with van der Waals surface area (Å²) in [4.78, 5) is 10.1. The lowest BCUT2D eigenvalue weighted by Crippen LogP contribution is -1.96. The van der Waals surface area contributed by atoms with Gasteiger partial charge in [-0.3, -0.25) is 10.1 Å². The highest BCUT2D eigenvalue weighted by Gasteiger charge is 2.10. The van der Waals surface area contributed by atoms with E-state index in [0.29, 0.717) is 16.0 Å². The topological polar surface area (TPSA) is 65.5 Å². The average Bonchev–Trinajstić information content (AvgIpc) is 2.80. The van der Waals surface area contributed by atoms with Crippen molar-refractivity contribution in [2.24, 2.45) is 0 Å². The number of ether oxygens (including phenoxy) is 1. The zero-order valence-electron chi connectivity index (χ0n) is 8.63. The molecule has 0 aliphatic carbocycles. The molecule has 0 amide bonds. The summed E-state index contributed by atoms with van der Waals surface area (Å²) >= 11 is 3.27. The number of nitro benzene ring substituents is 1. The number of nitro groups is 1. The smallest absolute Gasteiger partial charge is 0.273 e. The van der Waals surface area contributed by atoms with Crippen LogP contribution in [0.1, 0.15) is 5.76 Å². The Morgan fingerprint density at radius 2 is 2.24 bits per heavy atom. The summed E-state index contributed by atoms with van der Waals surface area (Å²) in [5, 5.41) is 10.6.